The van der Waals surface area contributed by atoms with E-state index in [1.807, 2.05) is 6.07 Å². The van der Waals surface area contributed by atoms with E-state index in [9.17, 15) is 9.18 Å². The molecule has 0 bridgehead atoms. The number of hydrogen-bond acceptors (Lipinski definition) is 2. The van der Waals surface area contributed by atoms with E-state index in [4.69, 9.17) is 11.6 Å². The number of benzene rings is 2. The summed E-state index contributed by atoms with van der Waals surface area (Å²) in [7, 11) is 0. The summed E-state index contributed by atoms with van der Waals surface area (Å²) in [6.45, 7) is 0. The van der Waals surface area contributed by atoms with Crippen molar-refractivity contribution in [3.05, 3.63) is 58.4 Å². The Labute approximate surface area is 138 Å². The minimum Gasteiger partial charge on any atom is -0.323 e. The van der Waals surface area contributed by atoms with Gasteiger partial charge in [0.05, 0.1) is 11.4 Å². The fourth-order valence-electron chi connectivity index (χ4n) is 2.57. The first-order chi connectivity index (χ1) is 10.6. The molecule has 2 nitrogen and oxygen atoms in total. The first-order valence-electron chi connectivity index (χ1n) is 7.11. The molecule has 3 rings (SSSR count). The van der Waals surface area contributed by atoms with Gasteiger partial charge in [0.25, 0.3) is 0 Å². The van der Waals surface area contributed by atoms with Crippen LogP contribution >= 0.6 is 23.4 Å². The Hall–Kier alpha value is -1.52. The number of carbonyl (C=O) groups is 1. The Morgan fingerprint density at radius 2 is 2.00 bits per heavy atom. The second-order valence-corrected chi connectivity index (χ2v) is 6.73. The van der Waals surface area contributed by atoms with E-state index in [0.29, 0.717) is 5.02 Å². The first kappa shape index (κ1) is 15.4. The van der Waals surface area contributed by atoms with Crippen LogP contribution in [0.4, 0.5) is 10.1 Å². The van der Waals surface area contributed by atoms with Gasteiger partial charge in [-0.15, -0.1) is 11.8 Å². The SMILES string of the molecule is O=C(CSc1ccc2c(c1)CCC2)Nc1cc(Cl)ccc1F. The van der Waals surface area contributed by atoms with Crippen LogP contribution in [0.25, 0.3) is 0 Å². The molecule has 2 aromatic rings. The lowest BCUT2D eigenvalue weighted by atomic mass is 10.1. The number of thioether (sulfide) groups is 1. The number of carbonyl (C=O) groups excluding carboxylic acids is 1. The Bertz CT molecular complexity index is 720. The highest BCUT2D eigenvalue weighted by Gasteiger charge is 2.12. The van der Waals surface area contributed by atoms with E-state index in [1.165, 1.54) is 47.5 Å². The molecule has 0 aromatic heterocycles. The third-order valence-corrected chi connectivity index (χ3v) is 4.87. The fourth-order valence-corrected chi connectivity index (χ4v) is 3.50. The second-order valence-electron chi connectivity index (χ2n) is 5.25. The van der Waals surface area contributed by atoms with Crippen LogP contribution in [0.3, 0.4) is 0 Å². The van der Waals surface area contributed by atoms with E-state index in [-0.39, 0.29) is 17.3 Å². The smallest absolute Gasteiger partial charge is 0.234 e. The predicted octanol–water partition coefficient (Wildman–Crippen LogP) is 4.70. The lowest BCUT2D eigenvalue weighted by Gasteiger charge is -2.08. The highest BCUT2D eigenvalue weighted by molar-refractivity contribution is 8.00. The topological polar surface area (TPSA) is 29.1 Å². The van der Waals surface area contributed by atoms with E-state index in [2.05, 4.69) is 17.4 Å². The number of fused-ring (bicyclic) bond motifs is 1. The number of amides is 1. The third kappa shape index (κ3) is 3.62. The van der Waals surface area contributed by atoms with Crippen molar-refractivity contribution in [2.24, 2.45) is 0 Å². The molecule has 0 radical (unpaired) electrons. The van der Waals surface area contributed by atoms with Crippen molar-refractivity contribution < 1.29 is 9.18 Å². The van der Waals surface area contributed by atoms with Gasteiger partial charge in [0, 0.05) is 9.92 Å². The Balaban J connectivity index is 1.59. The van der Waals surface area contributed by atoms with Crippen molar-refractivity contribution in [2.75, 3.05) is 11.1 Å². The summed E-state index contributed by atoms with van der Waals surface area (Å²) in [5, 5.41) is 2.95. The molecule has 1 N–H and O–H groups in total. The number of hydrogen-bond donors (Lipinski definition) is 1. The summed E-state index contributed by atoms with van der Waals surface area (Å²) < 4.78 is 13.6. The molecule has 114 valence electrons. The van der Waals surface area contributed by atoms with Crippen LogP contribution in [0.1, 0.15) is 17.5 Å². The van der Waals surface area contributed by atoms with Gasteiger partial charge in [-0.05, 0) is 60.7 Å². The molecule has 1 aliphatic carbocycles. The number of rotatable bonds is 4. The van der Waals surface area contributed by atoms with Gasteiger partial charge in [-0.2, -0.15) is 0 Å². The van der Waals surface area contributed by atoms with Crippen LogP contribution in [-0.4, -0.2) is 11.7 Å². The van der Waals surface area contributed by atoms with Gasteiger partial charge in [-0.3, -0.25) is 4.79 Å². The largest absolute Gasteiger partial charge is 0.323 e. The second kappa shape index (κ2) is 6.71. The number of halogens is 2. The third-order valence-electron chi connectivity index (χ3n) is 3.64. The summed E-state index contributed by atoms with van der Waals surface area (Å²) >= 11 is 7.26. The average Bonchev–Trinajstić information content (AvgIpc) is 2.96. The quantitative estimate of drug-likeness (QED) is 0.821. The monoisotopic (exact) mass is 335 g/mol. The maximum Gasteiger partial charge on any atom is 0.234 e. The summed E-state index contributed by atoms with van der Waals surface area (Å²) in [4.78, 5) is 13.0. The molecular weight excluding hydrogens is 321 g/mol. The van der Waals surface area contributed by atoms with Gasteiger partial charge in [-0.1, -0.05) is 17.7 Å². The molecule has 1 amide bonds. The molecule has 0 fully saturated rings. The highest BCUT2D eigenvalue weighted by Crippen LogP contribution is 2.28. The molecule has 0 spiro atoms. The summed E-state index contributed by atoms with van der Waals surface area (Å²) in [6, 6.07) is 10.4. The normalized spacial score (nSPS) is 13.0. The standard InChI is InChI=1S/C17H15ClFNOS/c18-13-5-7-15(19)16(9-13)20-17(21)10-22-14-6-4-11-2-1-3-12(11)8-14/h4-9H,1-3,10H2,(H,20,21). The van der Waals surface area contributed by atoms with Gasteiger partial charge in [0.15, 0.2) is 0 Å². The van der Waals surface area contributed by atoms with Gasteiger partial charge < -0.3 is 5.32 Å². The number of anilines is 1. The van der Waals surface area contributed by atoms with Crippen LogP contribution in [0.2, 0.25) is 5.02 Å². The number of nitrogens with one attached hydrogen (secondary N) is 1. The zero-order valence-electron chi connectivity index (χ0n) is 11.9. The van der Waals surface area contributed by atoms with Crippen molar-refractivity contribution in [1.82, 2.24) is 0 Å². The predicted molar refractivity (Wildman–Crippen MR) is 89.2 cm³/mol. The van der Waals surface area contributed by atoms with Crippen LogP contribution in [0.5, 0.6) is 0 Å². The van der Waals surface area contributed by atoms with Crippen molar-refractivity contribution in [3.63, 3.8) is 0 Å². The molecule has 0 heterocycles. The lowest BCUT2D eigenvalue weighted by Crippen LogP contribution is -2.15. The molecule has 0 aliphatic heterocycles. The summed E-state index contributed by atoms with van der Waals surface area (Å²) in [6.07, 6.45) is 3.47. The Morgan fingerprint density at radius 3 is 2.86 bits per heavy atom. The number of aryl methyl sites for hydroxylation is 2. The zero-order valence-corrected chi connectivity index (χ0v) is 13.4. The van der Waals surface area contributed by atoms with E-state index < -0.39 is 5.82 Å². The molecule has 0 unspecified atom stereocenters. The minimum atomic E-state index is -0.486. The van der Waals surface area contributed by atoms with Crippen LogP contribution in [-0.2, 0) is 17.6 Å². The van der Waals surface area contributed by atoms with Crippen molar-refractivity contribution >= 4 is 35.0 Å². The van der Waals surface area contributed by atoms with Crippen LogP contribution in [0, 0.1) is 5.82 Å². The van der Waals surface area contributed by atoms with E-state index in [0.717, 1.165) is 17.7 Å². The van der Waals surface area contributed by atoms with Crippen molar-refractivity contribution in [3.8, 4) is 0 Å². The van der Waals surface area contributed by atoms with Gasteiger partial charge >= 0.3 is 0 Å². The van der Waals surface area contributed by atoms with Gasteiger partial charge in [0.2, 0.25) is 5.91 Å². The van der Waals surface area contributed by atoms with Crippen molar-refractivity contribution in [2.45, 2.75) is 24.2 Å². The molecule has 0 atom stereocenters. The average molecular weight is 336 g/mol. The molecule has 5 heteroatoms. The van der Waals surface area contributed by atoms with Crippen LogP contribution in [0.15, 0.2) is 41.3 Å². The first-order valence-corrected chi connectivity index (χ1v) is 8.48. The van der Waals surface area contributed by atoms with Crippen LogP contribution < -0.4 is 5.32 Å². The lowest BCUT2D eigenvalue weighted by molar-refractivity contribution is -0.113. The molecule has 22 heavy (non-hydrogen) atoms. The fraction of sp³-hybridized carbons (Fsp3) is 0.235. The van der Waals surface area contributed by atoms with Gasteiger partial charge in [-0.25, -0.2) is 4.39 Å². The highest BCUT2D eigenvalue weighted by atomic mass is 35.5. The summed E-state index contributed by atoms with van der Waals surface area (Å²) in [5.41, 5.74) is 2.91. The van der Waals surface area contributed by atoms with E-state index >= 15 is 0 Å². The molecule has 1 aliphatic rings. The molecule has 0 saturated heterocycles. The Kier molecular flexibility index (Phi) is 4.69. The molecular formula is C17H15ClFNOS. The van der Waals surface area contributed by atoms with E-state index in [1.54, 1.807) is 0 Å². The maximum absolute atomic E-state index is 13.6. The minimum absolute atomic E-state index is 0.118. The molecule has 2 aromatic carbocycles. The molecule has 0 saturated carbocycles. The maximum atomic E-state index is 13.6. The summed E-state index contributed by atoms with van der Waals surface area (Å²) in [5.74, 6) is -0.489. The van der Waals surface area contributed by atoms with Crippen molar-refractivity contribution in [1.29, 1.82) is 0 Å². The van der Waals surface area contributed by atoms with Gasteiger partial charge in [0.1, 0.15) is 5.82 Å². The Morgan fingerprint density at radius 1 is 1.18 bits per heavy atom. The zero-order chi connectivity index (χ0) is 15.5.